The van der Waals surface area contributed by atoms with Crippen LogP contribution in [0.5, 0.6) is 0 Å². The van der Waals surface area contributed by atoms with Crippen LogP contribution in [-0.4, -0.2) is 31.7 Å². The van der Waals surface area contributed by atoms with Crippen molar-refractivity contribution >= 4 is 28.8 Å². The van der Waals surface area contributed by atoms with Crippen molar-refractivity contribution in [3.8, 4) is 0 Å². The molecule has 24 heavy (non-hydrogen) atoms. The average Bonchev–Trinajstić information content (AvgIpc) is 3.18. The van der Waals surface area contributed by atoms with E-state index in [0.29, 0.717) is 0 Å². The fourth-order valence-corrected chi connectivity index (χ4v) is 10.2. The summed E-state index contributed by atoms with van der Waals surface area (Å²) in [5.41, 5.74) is 1.17. The first-order chi connectivity index (χ1) is 11.4. The number of Topliss-reactive ketones (excluding diaryl/α,β-unsaturated/α-hetero) is 1. The summed E-state index contributed by atoms with van der Waals surface area (Å²) >= 11 is 1.61. The van der Waals surface area contributed by atoms with Gasteiger partial charge in [0.2, 0.25) is 0 Å². The van der Waals surface area contributed by atoms with Gasteiger partial charge in [-0.25, -0.2) is 0 Å². The maximum absolute atomic E-state index is 12.6. The molecule has 0 saturated carbocycles. The van der Waals surface area contributed by atoms with Crippen LogP contribution >= 0.6 is 23.0 Å². The molecule has 2 saturated heterocycles. The van der Waals surface area contributed by atoms with E-state index in [9.17, 15) is 10.0 Å². The normalized spacial score (nSPS) is 28.6. The molecule has 0 N–H and O–H groups in total. The number of quaternary nitrogens is 1. The number of ketones is 1. The van der Waals surface area contributed by atoms with Gasteiger partial charge in [-0.1, -0.05) is 0 Å². The summed E-state index contributed by atoms with van der Waals surface area (Å²) in [6, 6.07) is 0.118. The Bertz CT molecular complexity index is 459. The van der Waals surface area contributed by atoms with E-state index in [1.807, 2.05) is 29.9 Å². The second-order valence-electron chi connectivity index (χ2n) is 6.67. The zero-order valence-corrected chi connectivity index (χ0v) is 20.7. The van der Waals surface area contributed by atoms with Gasteiger partial charge >= 0.3 is 178 Å². The summed E-state index contributed by atoms with van der Waals surface area (Å²) in [7, 11) is 0. The van der Waals surface area contributed by atoms with E-state index in [2.05, 4.69) is 6.58 Å². The number of carbonyl (C=O) groups excluding carboxylic acids is 1. The van der Waals surface area contributed by atoms with Crippen LogP contribution in [-0.2, 0) is 12.6 Å². The number of hydrogen-bond acceptors (Lipinski definition) is 4. The Hall–Kier alpha value is 1.44. The molecular weight excluding hydrogens is 651 g/mol. The van der Waals surface area contributed by atoms with Crippen molar-refractivity contribution in [1.29, 1.82) is 0 Å². The second-order valence-corrected chi connectivity index (χ2v) is 17.6. The minimum atomic E-state index is -0.155. The molecule has 142 valence electrons. The van der Waals surface area contributed by atoms with Crippen molar-refractivity contribution in [2.24, 2.45) is 5.92 Å². The molecule has 0 aliphatic carbocycles. The summed E-state index contributed by atoms with van der Waals surface area (Å²) in [5, 5.41) is 12.6. The molecule has 2 heterocycles. The number of nitrogens with zero attached hydrogens (tertiary/aromatic N) is 1. The number of halogens is 3. The molecule has 0 radical (unpaired) electrons. The molecule has 2 rings (SSSR count). The van der Waals surface area contributed by atoms with Gasteiger partial charge in [0.05, 0.1) is 0 Å². The Balaban J connectivity index is 1.81. The molecule has 4 atom stereocenters. The molecule has 2 aliphatic heterocycles. The number of ether oxygens (including phenoxy) is 1. The third-order valence-corrected chi connectivity index (χ3v) is 15.1. The van der Waals surface area contributed by atoms with E-state index in [0.717, 1.165) is 45.1 Å². The van der Waals surface area contributed by atoms with Gasteiger partial charge in [0.25, 0.3) is 0 Å². The first-order valence-electron chi connectivity index (χ1n) is 8.35. The van der Waals surface area contributed by atoms with Crippen LogP contribution in [0.4, 0.5) is 0 Å². The maximum atomic E-state index is 12.6. The van der Waals surface area contributed by atoms with E-state index in [1.165, 1.54) is 5.57 Å². The van der Waals surface area contributed by atoms with Gasteiger partial charge in [-0.05, 0) is 0 Å². The summed E-state index contributed by atoms with van der Waals surface area (Å²) in [6.07, 6.45) is 5.76. The third kappa shape index (κ3) is 6.55. The number of hydroxylamine groups is 1. The van der Waals surface area contributed by atoms with E-state index in [-0.39, 0.29) is 66.0 Å². The summed E-state index contributed by atoms with van der Waals surface area (Å²) < 4.78 is 11.3. The summed E-state index contributed by atoms with van der Waals surface area (Å²) in [4.78, 5) is 11.6. The van der Waals surface area contributed by atoms with Gasteiger partial charge in [-0.15, -0.1) is 0 Å². The van der Waals surface area contributed by atoms with Crippen molar-refractivity contribution in [2.45, 2.75) is 70.6 Å². The number of carbonyl (C=O) groups is 1. The number of rotatable bonds is 11. The fraction of sp³-hybridized carbons (Fsp3) is 0.812. The monoisotopic (exact) mass is 677 g/mol. The predicted molar refractivity (Wildman–Crippen MR) is 92.7 cm³/mol. The van der Waals surface area contributed by atoms with Gasteiger partial charge < -0.3 is 0 Å². The van der Waals surface area contributed by atoms with Gasteiger partial charge in [-0.2, -0.15) is 0 Å². The van der Waals surface area contributed by atoms with Gasteiger partial charge in [0.15, 0.2) is 0 Å². The van der Waals surface area contributed by atoms with Crippen LogP contribution in [0.1, 0.15) is 52.4 Å². The molecule has 2 fully saturated rings. The average molecular weight is 677 g/mol. The fourth-order valence-electron chi connectivity index (χ4n) is 3.05. The van der Waals surface area contributed by atoms with E-state index in [4.69, 9.17) is 7.80 Å². The molecule has 3 unspecified atom stereocenters. The molecule has 0 aromatic heterocycles. The minimum absolute atomic E-state index is 0.00119. The standard InChI is InChI=1S/C16H26I3NO4/c1-11(13(3)21)9-14(20(22)18-19-20)6-7-16-12(2)10-15(24-16)5-4-8-23-17/h11,14-16H,2,4-10H2,1,3H3/q-2/t11-,14?,15?,16?/m1/s1. The number of hydrogen-bond donors (Lipinski definition) is 0. The predicted octanol–water partition coefficient (Wildman–Crippen LogP) is -2.14. The van der Waals surface area contributed by atoms with Gasteiger partial charge in [-0.3, -0.25) is 0 Å². The Morgan fingerprint density at radius 1 is 1.54 bits per heavy atom. The van der Waals surface area contributed by atoms with Crippen molar-refractivity contribution in [1.82, 2.24) is 0 Å². The van der Waals surface area contributed by atoms with Crippen molar-refractivity contribution < 1.29 is 48.7 Å². The molecule has 5 nitrogen and oxygen atoms in total. The third-order valence-electron chi connectivity index (χ3n) is 4.75. The Labute approximate surface area is 176 Å². The first kappa shape index (κ1) is 21.7. The quantitative estimate of drug-likeness (QED) is 0.0627. The summed E-state index contributed by atoms with van der Waals surface area (Å²) in [5.74, 6) is 0.199. The SMILES string of the molecule is C=C1CC(CCCOI)OC1CCC(C[C@@H](C)C(C)=O)[N+]1([O-])[I-][I-]1. The van der Waals surface area contributed by atoms with Crippen molar-refractivity contribution in [3.05, 3.63) is 17.4 Å². The van der Waals surface area contributed by atoms with Crippen LogP contribution in [0, 0.1) is 11.1 Å². The molecule has 0 bridgehead atoms. The molecule has 0 aromatic rings. The molecule has 8 heteroatoms. The Kier molecular flexibility index (Phi) is 9.16. The topological polar surface area (TPSA) is 58.6 Å². The molecule has 2 aliphatic rings. The van der Waals surface area contributed by atoms with Crippen molar-refractivity contribution in [3.63, 3.8) is 0 Å². The molecular formula is C16H26I3NO4-2. The van der Waals surface area contributed by atoms with E-state index >= 15 is 0 Å². The van der Waals surface area contributed by atoms with Crippen LogP contribution in [0.15, 0.2) is 12.2 Å². The zero-order valence-electron chi connectivity index (χ0n) is 14.2. The van der Waals surface area contributed by atoms with Crippen LogP contribution < -0.4 is 35.0 Å². The van der Waals surface area contributed by atoms with Gasteiger partial charge in [0, 0.05) is 0 Å². The molecule has 0 spiro atoms. The van der Waals surface area contributed by atoms with Crippen molar-refractivity contribution in [2.75, 3.05) is 6.61 Å². The van der Waals surface area contributed by atoms with E-state index < -0.39 is 0 Å². The first-order valence-corrected chi connectivity index (χ1v) is 17.4. The zero-order chi connectivity index (χ0) is 17.7. The van der Waals surface area contributed by atoms with Crippen LogP contribution in [0.3, 0.4) is 0 Å². The van der Waals surface area contributed by atoms with Crippen LogP contribution in [0.25, 0.3) is 0 Å². The van der Waals surface area contributed by atoms with Gasteiger partial charge in [0.1, 0.15) is 0 Å². The van der Waals surface area contributed by atoms with Crippen LogP contribution in [0.2, 0.25) is 0 Å². The molecule has 0 aromatic carbocycles. The summed E-state index contributed by atoms with van der Waals surface area (Å²) in [6.45, 7) is 8.52. The Morgan fingerprint density at radius 3 is 2.83 bits per heavy atom. The second kappa shape index (κ2) is 10.1. The van der Waals surface area contributed by atoms with E-state index in [1.54, 1.807) is 6.92 Å². The Morgan fingerprint density at radius 2 is 2.25 bits per heavy atom. The molecule has 0 amide bonds.